The van der Waals surface area contributed by atoms with Crippen molar-refractivity contribution in [1.29, 1.82) is 0 Å². The number of allylic oxidation sites excluding steroid dienone is 3. The molecule has 0 N–H and O–H groups in total. The van der Waals surface area contributed by atoms with E-state index in [2.05, 4.69) is 18.2 Å². The van der Waals surface area contributed by atoms with E-state index in [-0.39, 0.29) is 8.63 Å². The fourth-order valence-corrected chi connectivity index (χ4v) is 95.4. The molecule has 3 heteroatoms. The molecule has 0 aliphatic carbocycles. The van der Waals surface area contributed by atoms with Crippen LogP contribution in [0.1, 0.15) is 12.5 Å². The van der Waals surface area contributed by atoms with Gasteiger partial charge in [0.1, 0.15) is 0 Å². The molecular formula is C23H20FeO2. The van der Waals surface area contributed by atoms with E-state index in [1.807, 2.05) is 43.4 Å². The molecule has 1 spiro atoms. The molecule has 1 aromatic carbocycles. The van der Waals surface area contributed by atoms with Crippen molar-refractivity contribution in [2.24, 2.45) is 0 Å². The van der Waals surface area contributed by atoms with Gasteiger partial charge in [0.05, 0.1) is 0 Å². The van der Waals surface area contributed by atoms with Crippen LogP contribution in [-0.4, -0.2) is 11.6 Å². The van der Waals surface area contributed by atoms with Gasteiger partial charge in [0.2, 0.25) is 0 Å². The van der Waals surface area contributed by atoms with Crippen molar-refractivity contribution in [2.45, 2.75) is 54.1 Å². The Morgan fingerprint density at radius 1 is 0.885 bits per heavy atom. The molecule has 0 radical (unpaired) electrons. The van der Waals surface area contributed by atoms with Crippen molar-refractivity contribution in [3.63, 3.8) is 0 Å². The molecule has 0 saturated carbocycles. The number of carbonyl (C=O) groups is 2. The van der Waals surface area contributed by atoms with Gasteiger partial charge in [-0.25, -0.2) is 0 Å². The number of Topliss-reactive ketones (excluding diaryl/α,β-unsaturated/α-hetero) is 1. The van der Waals surface area contributed by atoms with Crippen LogP contribution in [0.4, 0.5) is 0 Å². The molecule has 2 nitrogen and oxygen atoms in total. The predicted octanol–water partition coefficient (Wildman–Crippen LogP) is 5.54. The van der Waals surface area contributed by atoms with E-state index >= 15 is 0 Å². The Kier molecular flexibility index (Phi) is 0.553. The van der Waals surface area contributed by atoms with E-state index in [1.165, 1.54) is 0 Å². The summed E-state index contributed by atoms with van der Waals surface area (Å²) < 4.78 is 0.314. The van der Waals surface area contributed by atoms with Crippen LogP contribution in [0.5, 0.6) is 0 Å². The Morgan fingerprint density at radius 3 is 1.96 bits per heavy atom. The van der Waals surface area contributed by atoms with E-state index in [0.29, 0.717) is 11.6 Å². The Labute approximate surface area is 142 Å². The number of hydrogen-bond donors (Lipinski definition) is 0. The Morgan fingerprint density at radius 2 is 1.46 bits per heavy atom. The maximum absolute atomic E-state index is 13.6. The first-order chi connectivity index (χ1) is 12.4. The summed E-state index contributed by atoms with van der Waals surface area (Å²) in [5.74, 6) is 1.02. The third-order valence-corrected chi connectivity index (χ3v) is 60.0. The third-order valence-electron chi connectivity index (χ3n) is 17.2. The summed E-state index contributed by atoms with van der Waals surface area (Å²) in [6, 6.07) is 10.2. The number of carbonyl (C=O) groups excluding carboxylic acids is 2. The Balaban J connectivity index is 1.09. The number of rotatable bonds is 5. The van der Waals surface area contributed by atoms with Crippen molar-refractivity contribution < 1.29 is 16.1 Å². The van der Waals surface area contributed by atoms with E-state index in [9.17, 15) is 9.59 Å². The number of ketones is 2. The third kappa shape index (κ3) is 0.166. The van der Waals surface area contributed by atoms with Gasteiger partial charge in [-0.3, -0.25) is 0 Å². The summed E-state index contributed by atoms with van der Waals surface area (Å²) in [6.45, 7) is -1.96. The SMILES string of the molecule is CC(=O)[C]12[CH]3[CH]4[CH]5[CH]1[Fe]45321678[CH]2[CH]1[CH]6[C]7(C(=O)C=CC=Cc1ccccc1)[CH]28. The van der Waals surface area contributed by atoms with Crippen molar-refractivity contribution in [2.75, 3.05) is 0 Å². The average molecular weight is 384 g/mol. The summed E-state index contributed by atoms with van der Waals surface area (Å²) in [6.07, 6.45) is 7.97. The van der Waals surface area contributed by atoms with Crippen molar-refractivity contribution in [3.05, 3.63) is 54.1 Å². The molecular weight excluding hydrogens is 364 g/mol. The van der Waals surface area contributed by atoms with Crippen LogP contribution in [0.15, 0.2) is 48.6 Å². The number of fused-ring (bicyclic) bond motifs is 10. The summed E-state index contributed by atoms with van der Waals surface area (Å²) in [5, 5.41) is 0. The van der Waals surface area contributed by atoms with Gasteiger partial charge in [0.25, 0.3) is 0 Å². The van der Waals surface area contributed by atoms with E-state index in [0.717, 1.165) is 44.1 Å². The van der Waals surface area contributed by atoms with Crippen LogP contribution in [-0.2, 0) is 16.1 Å². The monoisotopic (exact) mass is 384 g/mol. The molecule has 10 saturated heterocycles. The number of hydrogen-bond acceptors (Lipinski definition) is 2. The van der Waals surface area contributed by atoms with E-state index in [1.54, 1.807) is 0 Å². The first-order valence-electron chi connectivity index (χ1n) is 10.0. The zero-order valence-electron chi connectivity index (χ0n) is 14.5. The fourth-order valence-electron chi connectivity index (χ4n) is 19.2. The molecule has 10 heterocycles. The number of benzene rings is 1. The van der Waals surface area contributed by atoms with Crippen LogP contribution in [0.3, 0.4) is 0 Å². The fraction of sp³-hybridized carbons (Fsp3) is 0.478. The molecule has 10 fully saturated rings. The zero-order chi connectivity index (χ0) is 17.0. The molecule has 11 rings (SSSR count). The van der Waals surface area contributed by atoms with Crippen molar-refractivity contribution in [3.8, 4) is 0 Å². The molecule has 1 aromatic rings. The zero-order valence-corrected chi connectivity index (χ0v) is 15.6. The summed E-state index contributed by atoms with van der Waals surface area (Å²) in [5.41, 5.74) is 1.16. The quantitative estimate of drug-likeness (QED) is 0.379. The van der Waals surface area contributed by atoms with E-state index in [4.69, 9.17) is 0 Å². The van der Waals surface area contributed by atoms with E-state index < -0.39 is 6.51 Å². The van der Waals surface area contributed by atoms with Crippen LogP contribution in [0, 0.1) is 0 Å². The predicted molar refractivity (Wildman–Crippen MR) is 95.7 cm³/mol. The molecule has 132 valence electrons. The van der Waals surface area contributed by atoms with Gasteiger partial charge in [0.15, 0.2) is 0 Å². The normalized spacial score (nSPS) is 85.1. The minimum absolute atomic E-state index is 0.122. The molecule has 8 atom stereocenters. The standard InChI is InChI=1S/C16H13O.C7H7O.Fe/c17-16(15-11-5-6-12-15)13-7-4-10-14-8-2-1-3-9-14;1-6(8)7-4-2-3-5-7;/h1-13H;2-5H,1H3;. The molecule has 0 bridgehead atoms. The molecule has 26 heavy (non-hydrogen) atoms. The van der Waals surface area contributed by atoms with Crippen molar-refractivity contribution in [1.82, 2.24) is 0 Å². The minimum atomic E-state index is -3.86. The topological polar surface area (TPSA) is 34.1 Å². The van der Waals surface area contributed by atoms with Gasteiger partial charge in [0, 0.05) is 0 Å². The second-order valence-electron chi connectivity index (χ2n) is 12.8. The van der Waals surface area contributed by atoms with Crippen LogP contribution >= 0.6 is 0 Å². The Bertz CT molecular complexity index is 1530. The van der Waals surface area contributed by atoms with Gasteiger partial charge in [-0.1, -0.05) is 0 Å². The van der Waals surface area contributed by atoms with Gasteiger partial charge in [-0.15, -0.1) is 0 Å². The molecule has 0 aromatic heterocycles. The van der Waals surface area contributed by atoms with Gasteiger partial charge < -0.3 is 0 Å². The van der Waals surface area contributed by atoms with Gasteiger partial charge in [-0.2, -0.15) is 0 Å². The van der Waals surface area contributed by atoms with Gasteiger partial charge >= 0.3 is 142 Å². The van der Waals surface area contributed by atoms with Crippen molar-refractivity contribution >= 4 is 17.6 Å². The first-order valence-corrected chi connectivity index (χ1v) is 16.2. The van der Waals surface area contributed by atoms with Crippen LogP contribution in [0.2, 0.25) is 47.2 Å². The average Bonchev–Trinajstić information content (AvgIpc) is 3.59. The van der Waals surface area contributed by atoms with Crippen LogP contribution in [0.25, 0.3) is 6.08 Å². The summed E-state index contributed by atoms with van der Waals surface area (Å²) in [7, 11) is 0. The summed E-state index contributed by atoms with van der Waals surface area (Å²) in [4.78, 5) is 33.7. The molecule has 8 unspecified atom stereocenters. The Hall–Kier alpha value is -1.44. The van der Waals surface area contributed by atoms with Gasteiger partial charge in [-0.05, 0) is 0 Å². The first kappa shape index (κ1) is 11.4. The summed E-state index contributed by atoms with van der Waals surface area (Å²) >= 11 is 0. The molecule has 10 aliphatic rings. The molecule has 0 amide bonds. The van der Waals surface area contributed by atoms with Crippen LogP contribution < -0.4 is 0 Å². The second-order valence-corrected chi connectivity index (χ2v) is 36.0. The molecule has 10 aliphatic heterocycles. The maximum atomic E-state index is 13.6. The second kappa shape index (κ2) is 1.26.